The van der Waals surface area contributed by atoms with Gasteiger partial charge >= 0.3 is 6.09 Å². The van der Waals surface area contributed by atoms with E-state index in [-0.39, 0.29) is 18.9 Å². The van der Waals surface area contributed by atoms with Crippen molar-refractivity contribution in [1.82, 2.24) is 10.6 Å². The molecule has 8 nitrogen and oxygen atoms in total. The molecule has 8 heteroatoms. The Kier molecular flexibility index (Phi) is 5.91. The van der Waals surface area contributed by atoms with Crippen LogP contribution in [-0.4, -0.2) is 30.5 Å². The van der Waals surface area contributed by atoms with Crippen LogP contribution in [-0.2, 0) is 16.1 Å². The number of hydrogen-bond donors (Lipinski definition) is 3. The molecule has 3 amide bonds. The van der Waals surface area contributed by atoms with Gasteiger partial charge in [-0.3, -0.25) is 9.59 Å². The Bertz CT molecular complexity index is 951. The second-order valence-electron chi connectivity index (χ2n) is 6.02. The first-order valence-corrected chi connectivity index (χ1v) is 8.56. The van der Waals surface area contributed by atoms with Gasteiger partial charge in [-0.15, -0.1) is 0 Å². The highest BCUT2D eigenvalue weighted by molar-refractivity contribution is 5.98. The second-order valence-corrected chi connectivity index (χ2v) is 6.02. The summed E-state index contributed by atoms with van der Waals surface area (Å²) in [5.41, 5.74) is 6.68. The van der Waals surface area contributed by atoms with Gasteiger partial charge in [0.05, 0.1) is 6.54 Å². The molecule has 28 heavy (non-hydrogen) atoms. The topological polar surface area (TPSA) is 124 Å². The number of amides is 3. The van der Waals surface area contributed by atoms with Crippen LogP contribution in [0.3, 0.4) is 0 Å². The molecule has 3 aromatic rings. The molecule has 0 aliphatic rings. The minimum atomic E-state index is -1.12. The summed E-state index contributed by atoms with van der Waals surface area (Å²) in [4.78, 5) is 35.7. The summed E-state index contributed by atoms with van der Waals surface area (Å²) in [6.07, 6.45) is -0.729. The third-order valence-corrected chi connectivity index (χ3v) is 3.96. The molecule has 0 radical (unpaired) electrons. The summed E-state index contributed by atoms with van der Waals surface area (Å²) < 4.78 is 10.5. The molecule has 1 aromatic heterocycles. The Labute approximate surface area is 160 Å². The van der Waals surface area contributed by atoms with E-state index in [1.54, 1.807) is 24.3 Å². The maximum absolute atomic E-state index is 12.3. The van der Waals surface area contributed by atoms with Gasteiger partial charge in [-0.1, -0.05) is 48.5 Å². The molecule has 1 atom stereocenters. The molecular weight excluding hydrogens is 362 g/mol. The van der Waals surface area contributed by atoms with Gasteiger partial charge in [0, 0.05) is 5.39 Å². The number of rotatable bonds is 7. The highest BCUT2D eigenvalue weighted by Crippen LogP contribution is 2.18. The fraction of sp³-hybridized carbons (Fsp3) is 0.150. The molecule has 4 N–H and O–H groups in total. The van der Waals surface area contributed by atoms with E-state index < -0.39 is 23.9 Å². The number of nitrogens with one attached hydrogen (secondary N) is 2. The normalized spacial score (nSPS) is 11.6. The van der Waals surface area contributed by atoms with Gasteiger partial charge in [0.15, 0.2) is 5.76 Å². The van der Waals surface area contributed by atoms with E-state index >= 15 is 0 Å². The maximum Gasteiger partial charge on any atom is 0.407 e. The fourth-order valence-corrected chi connectivity index (χ4v) is 2.51. The molecule has 0 aliphatic heterocycles. The van der Waals surface area contributed by atoms with E-state index in [1.807, 2.05) is 36.4 Å². The van der Waals surface area contributed by atoms with Gasteiger partial charge in [-0.2, -0.15) is 0 Å². The van der Waals surface area contributed by atoms with E-state index in [2.05, 4.69) is 10.6 Å². The minimum absolute atomic E-state index is 0.0408. The molecule has 0 unspecified atom stereocenters. The summed E-state index contributed by atoms with van der Waals surface area (Å²) in [5.74, 6) is -1.37. The zero-order valence-corrected chi connectivity index (χ0v) is 14.9. The lowest BCUT2D eigenvalue weighted by atomic mass is 10.2. The first-order chi connectivity index (χ1) is 13.5. The number of nitrogens with two attached hydrogens (primary N) is 1. The largest absolute Gasteiger partial charge is 0.451 e. The Morgan fingerprint density at radius 2 is 1.75 bits per heavy atom. The lowest BCUT2D eigenvalue weighted by Gasteiger charge is -2.15. The molecule has 144 valence electrons. The number of hydrogen-bond acceptors (Lipinski definition) is 5. The van der Waals surface area contributed by atoms with Crippen molar-refractivity contribution in [3.05, 3.63) is 72.0 Å². The van der Waals surface area contributed by atoms with Gasteiger partial charge in [0.2, 0.25) is 5.91 Å². The summed E-state index contributed by atoms with van der Waals surface area (Å²) in [5, 5.41) is 5.61. The van der Waals surface area contributed by atoms with Gasteiger partial charge in [0.25, 0.3) is 5.91 Å². The summed E-state index contributed by atoms with van der Waals surface area (Å²) in [6.45, 7) is -0.131. The third kappa shape index (κ3) is 4.88. The molecular formula is C20H19N3O5. The predicted molar refractivity (Wildman–Crippen MR) is 101 cm³/mol. The van der Waals surface area contributed by atoms with Gasteiger partial charge in [-0.25, -0.2) is 4.79 Å². The number of benzene rings is 2. The van der Waals surface area contributed by atoms with Gasteiger partial charge in [-0.05, 0) is 17.7 Å². The molecule has 0 fully saturated rings. The van der Waals surface area contributed by atoms with Crippen molar-refractivity contribution in [2.24, 2.45) is 5.73 Å². The number of carbonyl (C=O) groups is 3. The van der Waals surface area contributed by atoms with Crippen LogP contribution in [0, 0.1) is 0 Å². The van der Waals surface area contributed by atoms with E-state index in [0.717, 1.165) is 10.9 Å². The van der Waals surface area contributed by atoms with Crippen molar-refractivity contribution in [3.63, 3.8) is 0 Å². The number of para-hydroxylation sites is 1. The van der Waals surface area contributed by atoms with Crippen LogP contribution >= 0.6 is 0 Å². The van der Waals surface area contributed by atoms with Crippen molar-refractivity contribution in [3.8, 4) is 0 Å². The first-order valence-electron chi connectivity index (χ1n) is 8.56. The molecule has 0 aliphatic carbocycles. The van der Waals surface area contributed by atoms with Crippen molar-refractivity contribution >= 4 is 28.9 Å². The summed E-state index contributed by atoms with van der Waals surface area (Å²) in [6, 6.07) is 16.7. The van der Waals surface area contributed by atoms with Crippen LogP contribution in [0.2, 0.25) is 0 Å². The molecule has 2 aromatic carbocycles. The Morgan fingerprint density at radius 3 is 2.46 bits per heavy atom. The van der Waals surface area contributed by atoms with Gasteiger partial charge < -0.3 is 25.5 Å². The number of primary amides is 1. The minimum Gasteiger partial charge on any atom is -0.451 e. The van der Waals surface area contributed by atoms with Crippen LogP contribution < -0.4 is 16.4 Å². The Balaban J connectivity index is 1.53. The van der Waals surface area contributed by atoms with Crippen LogP contribution in [0.15, 0.2) is 65.1 Å². The number of ether oxygens (including phenoxy) is 1. The van der Waals surface area contributed by atoms with Crippen molar-refractivity contribution in [2.45, 2.75) is 12.6 Å². The lowest BCUT2D eigenvalue weighted by Crippen LogP contribution is -2.51. The van der Waals surface area contributed by atoms with Crippen molar-refractivity contribution in [2.75, 3.05) is 6.54 Å². The number of carbonyl (C=O) groups excluding carboxylic acids is 3. The number of furan rings is 1. The van der Waals surface area contributed by atoms with Gasteiger partial charge in [0.1, 0.15) is 18.2 Å². The van der Waals surface area contributed by atoms with E-state index in [1.165, 1.54) is 0 Å². The zero-order valence-electron chi connectivity index (χ0n) is 14.9. The first kappa shape index (κ1) is 19.0. The number of alkyl carbamates (subject to hydrolysis) is 1. The number of fused-ring (bicyclic) bond motifs is 1. The van der Waals surface area contributed by atoms with Crippen LogP contribution in [0.25, 0.3) is 11.0 Å². The monoisotopic (exact) mass is 381 g/mol. The smallest absolute Gasteiger partial charge is 0.407 e. The molecule has 1 heterocycles. The molecule has 0 bridgehead atoms. The Hall–Kier alpha value is -3.81. The predicted octanol–water partition coefficient (Wildman–Crippen LogP) is 1.94. The quantitative estimate of drug-likeness (QED) is 0.577. The summed E-state index contributed by atoms with van der Waals surface area (Å²) >= 11 is 0. The molecule has 0 saturated carbocycles. The third-order valence-electron chi connectivity index (χ3n) is 3.96. The maximum atomic E-state index is 12.3. The average Bonchev–Trinajstić information content (AvgIpc) is 3.14. The summed E-state index contributed by atoms with van der Waals surface area (Å²) in [7, 11) is 0. The highest BCUT2D eigenvalue weighted by Gasteiger charge is 2.22. The standard InChI is InChI=1S/C20H19N3O5/c21-18(24)15(11-22-20(26)27-12-13-6-2-1-3-7-13)23-19(25)17-10-14-8-4-5-9-16(14)28-17/h1-10,15H,11-12H2,(H2,21,24)(H,22,26)(H,23,25)/t15-/m0/s1. The van der Waals surface area contributed by atoms with E-state index in [4.69, 9.17) is 14.9 Å². The second kappa shape index (κ2) is 8.72. The van der Waals surface area contributed by atoms with Crippen molar-refractivity contribution in [1.29, 1.82) is 0 Å². The average molecular weight is 381 g/mol. The Morgan fingerprint density at radius 1 is 1.04 bits per heavy atom. The van der Waals surface area contributed by atoms with Crippen molar-refractivity contribution < 1.29 is 23.5 Å². The molecule has 0 spiro atoms. The SMILES string of the molecule is NC(=O)[C@H](CNC(=O)OCc1ccccc1)NC(=O)c1cc2ccccc2o1. The van der Waals surface area contributed by atoms with Crippen LogP contribution in [0.4, 0.5) is 4.79 Å². The van der Waals surface area contributed by atoms with Crippen LogP contribution in [0.1, 0.15) is 16.1 Å². The van der Waals surface area contributed by atoms with E-state index in [0.29, 0.717) is 5.58 Å². The van der Waals surface area contributed by atoms with E-state index in [9.17, 15) is 14.4 Å². The highest BCUT2D eigenvalue weighted by atomic mass is 16.5. The lowest BCUT2D eigenvalue weighted by molar-refractivity contribution is -0.119. The molecule has 3 rings (SSSR count). The van der Waals surface area contributed by atoms with Crippen LogP contribution in [0.5, 0.6) is 0 Å². The zero-order chi connectivity index (χ0) is 19.9. The fourth-order valence-electron chi connectivity index (χ4n) is 2.51. The molecule has 0 saturated heterocycles.